The minimum atomic E-state index is -0.817. The highest BCUT2D eigenvalue weighted by Crippen LogP contribution is 2.17. The zero-order chi connectivity index (χ0) is 25.8. The van der Waals surface area contributed by atoms with Gasteiger partial charge in [0.25, 0.3) is 5.91 Å². The first-order valence-electron chi connectivity index (χ1n) is 11.4. The largest absolute Gasteiger partial charge is 0.497 e. The van der Waals surface area contributed by atoms with E-state index in [1.807, 2.05) is 30.3 Å². The first kappa shape index (κ1) is 26.2. The average molecular weight is 492 g/mol. The van der Waals surface area contributed by atoms with E-state index in [1.165, 1.54) is 5.48 Å². The van der Waals surface area contributed by atoms with E-state index in [2.05, 4.69) is 10.6 Å². The van der Waals surface area contributed by atoms with Gasteiger partial charge in [0, 0.05) is 18.5 Å². The molecule has 0 aliphatic heterocycles. The average Bonchev–Trinajstić information content (AvgIpc) is 2.92. The van der Waals surface area contributed by atoms with Crippen molar-refractivity contribution in [2.45, 2.75) is 25.3 Å². The zero-order valence-corrected chi connectivity index (χ0v) is 19.9. The number of carbonyl (C=O) groups is 3. The maximum Gasteiger partial charge on any atom is 0.281 e. The standard InChI is InChI=1S/C27H29N3O6/c1-35-22-14-10-21(11-15-22)28-27(33)24(29-25(31)16-9-19-5-3-2-4-6-19)17-20-7-12-23(13-8-20)36-18-26(32)30-34/h2-8,10-15,24,34H,9,16-18H2,1H3,(H,28,33)(H,29,31)(H,30,32)/t24-/m0/s1. The smallest absolute Gasteiger partial charge is 0.281 e. The molecule has 0 heterocycles. The molecular formula is C27H29N3O6. The van der Waals surface area contributed by atoms with Crippen molar-refractivity contribution in [3.05, 3.63) is 90.0 Å². The molecule has 0 spiro atoms. The highest BCUT2D eigenvalue weighted by molar-refractivity contribution is 5.97. The Kier molecular flexibility index (Phi) is 9.84. The quantitative estimate of drug-likeness (QED) is 0.228. The Morgan fingerprint density at radius 1 is 0.833 bits per heavy atom. The highest BCUT2D eigenvalue weighted by Gasteiger charge is 2.22. The van der Waals surface area contributed by atoms with Crippen LogP contribution in [0.25, 0.3) is 0 Å². The fourth-order valence-corrected chi connectivity index (χ4v) is 3.42. The molecule has 9 heteroatoms. The number of amides is 3. The molecular weight excluding hydrogens is 462 g/mol. The Bertz CT molecular complexity index is 1130. The summed E-state index contributed by atoms with van der Waals surface area (Å²) in [5, 5.41) is 14.3. The van der Waals surface area contributed by atoms with Gasteiger partial charge in [-0.25, -0.2) is 5.48 Å². The number of ether oxygens (including phenoxy) is 2. The van der Waals surface area contributed by atoms with Gasteiger partial charge in [0.1, 0.15) is 17.5 Å². The van der Waals surface area contributed by atoms with Crippen LogP contribution in [-0.4, -0.2) is 42.7 Å². The molecule has 3 amide bonds. The van der Waals surface area contributed by atoms with Crippen molar-refractivity contribution in [1.29, 1.82) is 0 Å². The van der Waals surface area contributed by atoms with Crippen LogP contribution in [0.3, 0.4) is 0 Å². The number of nitrogens with one attached hydrogen (secondary N) is 3. The normalized spacial score (nSPS) is 11.2. The van der Waals surface area contributed by atoms with Gasteiger partial charge >= 0.3 is 0 Å². The lowest BCUT2D eigenvalue weighted by molar-refractivity contribution is -0.131. The predicted molar refractivity (Wildman–Crippen MR) is 134 cm³/mol. The molecule has 36 heavy (non-hydrogen) atoms. The van der Waals surface area contributed by atoms with Gasteiger partial charge in [-0.15, -0.1) is 0 Å². The second-order valence-corrected chi connectivity index (χ2v) is 8.00. The Labute approximate surface area is 209 Å². The number of carbonyl (C=O) groups excluding carboxylic acids is 3. The van der Waals surface area contributed by atoms with Gasteiger partial charge < -0.3 is 20.1 Å². The SMILES string of the molecule is COc1ccc(NC(=O)[C@H](Cc2ccc(OCC(=O)NO)cc2)NC(=O)CCc2ccccc2)cc1. The summed E-state index contributed by atoms with van der Waals surface area (Å²) in [7, 11) is 1.56. The Hall–Kier alpha value is -4.37. The second kappa shape index (κ2) is 13.5. The molecule has 1 atom stereocenters. The van der Waals surface area contributed by atoms with E-state index in [1.54, 1.807) is 55.6 Å². The summed E-state index contributed by atoms with van der Waals surface area (Å²) in [5.41, 5.74) is 3.90. The summed E-state index contributed by atoms with van der Waals surface area (Å²) in [5.74, 6) is -0.171. The molecule has 0 aromatic heterocycles. The molecule has 0 aliphatic carbocycles. The molecule has 0 saturated carbocycles. The summed E-state index contributed by atoms with van der Waals surface area (Å²) in [6.07, 6.45) is 1.06. The predicted octanol–water partition coefficient (Wildman–Crippen LogP) is 2.88. The van der Waals surface area contributed by atoms with Crippen molar-refractivity contribution in [1.82, 2.24) is 10.8 Å². The second-order valence-electron chi connectivity index (χ2n) is 8.00. The van der Waals surface area contributed by atoms with Crippen molar-refractivity contribution in [2.24, 2.45) is 0 Å². The van der Waals surface area contributed by atoms with E-state index in [9.17, 15) is 14.4 Å². The fourth-order valence-electron chi connectivity index (χ4n) is 3.42. The molecule has 188 valence electrons. The molecule has 3 aromatic rings. The third kappa shape index (κ3) is 8.44. The molecule has 0 saturated heterocycles. The van der Waals surface area contributed by atoms with Crippen LogP contribution in [0.4, 0.5) is 5.69 Å². The monoisotopic (exact) mass is 491 g/mol. The molecule has 0 unspecified atom stereocenters. The van der Waals surface area contributed by atoms with E-state index < -0.39 is 11.9 Å². The lowest BCUT2D eigenvalue weighted by Gasteiger charge is -2.19. The third-order valence-electron chi connectivity index (χ3n) is 5.35. The van der Waals surface area contributed by atoms with Crippen molar-refractivity contribution in [2.75, 3.05) is 19.0 Å². The van der Waals surface area contributed by atoms with Crippen LogP contribution in [0, 0.1) is 0 Å². The van der Waals surface area contributed by atoms with Crippen LogP contribution in [0.2, 0.25) is 0 Å². The number of rotatable bonds is 12. The summed E-state index contributed by atoms with van der Waals surface area (Å²) in [4.78, 5) is 36.9. The number of aryl methyl sites for hydroxylation is 1. The lowest BCUT2D eigenvalue weighted by atomic mass is 10.0. The Morgan fingerprint density at radius 3 is 2.14 bits per heavy atom. The van der Waals surface area contributed by atoms with E-state index in [0.29, 0.717) is 23.6 Å². The van der Waals surface area contributed by atoms with E-state index in [-0.39, 0.29) is 31.3 Å². The minimum Gasteiger partial charge on any atom is -0.497 e. The minimum absolute atomic E-state index is 0.233. The first-order valence-corrected chi connectivity index (χ1v) is 11.4. The molecule has 4 N–H and O–H groups in total. The molecule has 0 radical (unpaired) electrons. The summed E-state index contributed by atoms with van der Waals surface area (Å²) >= 11 is 0. The number of hydrogen-bond donors (Lipinski definition) is 4. The van der Waals surface area contributed by atoms with Gasteiger partial charge in [-0.1, -0.05) is 42.5 Å². The summed E-state index contributed by atoms with van der Waals surface area (Å²) in [6.45, 7) is -0.333. The first-order chi connectivity index (χ1) is 17.5. The van der Waals surface area contributed by atoms with Crippen LogP contribution >= 0.6 is 0 Å². The van der Waals surface area contributed by atoms with E-state index in [4.69, 9.17) is 14.7 Å². The number of benzene rings is 3. The van der Waals surface area contributed by atoms with Crippen LogP contribution in [0.15, 0.2) is 78.9 Å². The van der Waals surface area contributed by atoms with Gasteiger partial charge in [0.2, 0.25) is 11.8 Å². The van der Waals surface area contributed by atoms with Crippen LogP contribution in [0.1, 0.15) is 17.5 Å². The highest BCUT2D eigenvalue weighted by atomic mass is 16.5. The van der Waals surface area contributed by atoms with Crippen molar-refractivity contribution in [3.8, 4) is 11.5 Å². The van der Waals surface area contributed by atoms with Crippen LogP contribution < -0.4 is 25.6 Å². The number of hydroxylamine groups is 1. The van der Waals surface area contributed by atoms with Crippen LogP contribution in [0.5, 0.6) is 11.5 Å². The van der Waals surface area contributed by atoms with E-state index >= 15 is 0 Å². The number of hydrogen-bond acceptors (Lipinski definition) is 6. The molecule has 3 aromatic carbocycles. The molecule has 0 bridgehead atoms. The lowest BCUT2D eigenvalue weighted by Crippen LogP contribution is -2.45. The third-order valence-corrected chi connectivity index (χ3v) is 5.35. The van der Waals surface area contributed by atoms with Gasteiger partial charge in [-0.05, 0) is 53.9 Å². The van der Waals surface area contributed by atoms with Crippen molar-refractivity contribution >= 4 is 23.4 Å². The molecule has 0 aliphatic rings. The Morgan fingerprint density at radius 2 is 1.50 bits per heavy atom. The molecule has 0 fully saturated rings. The van der Waals surface area contributed by atoms with Gasteiger partial charge in [0.15, 0.2) is 6.61 Å². The topological polar surface area (TPSA) is 126 Å². The van der Waals surface area contributed by atoms with Gasteiger partial charge in [-0.3, -0.25) is 19.6 Å². The summed E-state index contributed by atoms with van der Waals surface area (Å²) in [6, 6.07) is 22.5. The van der Waals surface area contributed by atoms with Crippen LogP contribution in [-0.2, 0) is 27.2 Å². The zero-order valence-electron chi connectivity index (χ0n) is 19.9. The van der Waals surface area contributed by atoms with Gasteiger partial charge in [0.05, 0.1) is 7.11 Å². The maximum atomic E-state index is 13.1. The number of anilines is 1. The van der Waals surface area contributed by atoms with Crippen molar-refractivity contribution < 1.29 is 29.1 Å². The molecule has 9 nitrogen and oxygen atoms in total. The van der Waals surface area contributed by atoms with Crippen molar-refractivity contribution in [3.63, 3.8) is 0 Å². The van der Waals surface area contributed by atoms with E-state index in [0.717, 1.165) is 11.1 Å². The number of methoxy groups -OCH3 is 1. The Balaban J connectivity index is 1.66. The van der Waals surface area contributed by atoms with Gasteiger partial charge in [-0.2, -0.15) is 0 Å². The maximum absolute atomic E-state index is 13.1. The molecule has 3 rings (SSSR count). The summed E-state index contributed by atoms with van der Waals surface area (Å²) < 4.78 is 10.4. The fraction of sp³-hybridized carbons (Fsp3) is 0.222.